The fourth-order valence-corrected chi connectivity index (χ4v) is 2.69. The summed E-state index contributed by atoms with van der Waals surface area (Å²) in [6.45, 7) is 5.68. The second-order valence-corrected chi connectivity index (χ2v) is 7.57. The molecular formula is C20H21N5O4. The van der Waals surface area contributed by atoms with Crippen molar-refractivity contribution in [2.45, 2.75) is 32.7 Å². The van der Waals surface area contributed by atoms with Crippen molar-refractivity contribution in [1.82, 2.24) is 14.3 Å². The number of anilines is 1. The Labute approximate surface area is 166 Å². The number of pyridine rings is 1. The highest BCUT2D eigenvalue weighted by Gasteiger charge is 2.21. The van der Waals surface area contributed by atoms with Gasteiger partial charge in [0.25, 0.3) is 11.2 Å². The van der Waals surface area contributed by atoms with Gasteiger partial charge in [0.2, 0.25) is 5.91 Å². The van der Waals surface area contributed by atoms with Crippen LogP contribution in [0.3, 0.4) is 0 Å². The van der Waals surface area contributed by atoms with Crippen molar-refractivity contribution in [3.8, 4) is 5.69 Å². The molecular weight excluding hydrogens is 374 g/mol. The van der Waals surface area contributed by atoms with E-state index in [0.29, 0.717) is 5.82 Å². The molecule has 9 nitrogen and oxygen atoms in total. The Hall–Kier alpha value is -3.75. The fraction of sp³-hybridized carbons (Fsp3) is 0.250. The van der Waals surface area contributed by atoms with Crippen LogP contribution in [-0.4, -0.2) is 25.2 Å². The Morgan fingerprint density at radius 1 is 1.17 bits per heavy atom. The van der Waals surface area contributed by atoms with Gasteiger partial charge in [0.05, 0.1) is 22.5 Å². The van der Waals surface area contributed by atoms with Crippen molar-refractivity contribution >= 4 is 17.4 Å². The lowest BCUT2D eigenvalue weighted by Crippen LogP contribution is -2.27. The van der Waals surface area contributed by atoms with E-state index >= 15 is 0 Å². The molecule has 1 aromatic carbocycles. The summed E-state index contributed by atoms with van der Waals surface area (Å²) in [5, 5.41) is 18.3. The molecule has 150 valence electrons. The minimum atomic E-state index is -0.617. The summed E-state index contributed by atoms with van der Waals surface area (Å²) < 4.78 is 2.62. The molecule has 0 unspecified atom stereocenters. The van der Waals surface area contributed by atoms with Gasteiger partial charge in [-0.25, -0.2) is 4.68 Å². The van der Waals surface area contributed by atoms with Crippen LogP contribution in [-0.2, 0) is 16.8 Å². The van der Waals surface area contributed by atoms with Crippen molar-refractivity contribution in [1.29, 1.82) is 0 Å². The molecule has 0 saturated heterocycles. The average Bonchev–Trinajstić information content (AvgIpc) is 3.08. The Morgan fingerprint density at radius 2 is 1.86 bits per heavy atom. The Morgan fingerprint density at radius 3 is 2.48 bits per heavy atom. The van der Waals surface area contributed by atoms with Gasteiger partial charge in [-0.2, -0.15) is 5.10 Å². The zero-order chi connectivity index (χ0) is 21.2. The maximum absolute atomic E-state index is 12.6. The van der Waals surface area contributed by atoms with Crippen molar-refractivity contribution in [3.05, 3.63) is 80.9 Å². The SMILES string of the molecule is CC(C)(C)c1cc(NC(=O)Cn2cc([N+](=O)[O-])ccc2=O)n(-c2ccccc2)n1. The van der Waals surface area contributed by atoms with Crippen LogP contribution in [0.1, 0.15) is 26.5 Å². The molecule has 3 aromatic rings. The van der Waals surface area contributed by atoms with E-state index in [1.165, 1.54) is 0 Å². The highest BCUT2D eigenvalue weighted by molar-refractivity contribution is 5.90. The second-order valence-electron chi connectivity index (χ2n) is 7.57. The van der Waals surface area contributed by atoms with Gasteiger partial charge in [0.15, 0.2) is 0 Å². The smallest absolute Gasteiger partial charge is 0.285 e. The molecule has 29 heavy (non-hydrogen) atoms. The maximum atomic E-state index is 12.6. The number of hydrogen-bond acceptors (Lipinski definition) is 5. The van der Waals surface area contributed by atoms with Gasteiger partial charge in [-0.1, -0.05) is 39.0 Å². The average molecular weight is 395 g/mol. The van der Waals surface area contributed by atoms with E-state index in [2.05, 4.69) is 10.4 Å². The third kappa shape index (κ3) is 4.57. The van der Waals surface area contributed by atoms with Gasteiger partial charge in [-0.15, -0.1) is 0 Å². The molecule has 0 spiro atoms. The quantitative estimate of drug-likeness (QED) is 0.527. The summed E-state index contributed by atoms with van der Waals surface area (Å²) in [6.07, 6.45) is 1.05. The number of nitro groups is 1. The number of amides is 1. The summed E-state index contributed by atoms with van der Waals surface area (Å²) in [5.74, 6) is -0.0465. The summed E-state index contributed by atoms with van der Waals surface area (Å²) in [4.78, 5) is 34.8. The van der Waals surface area contributed by atoms with E-state index in [9.17, 15) is 19.7 Å². The molecule has 0 aliphatic rings. The zero-order valence-corrected chi connectivity index (χ0v) is 16.3. The van der Waals surface area contributed by atoms with E-state index in [1.807, 2.05) is 51.1 Å². The molecule has 0 fully saturated rings. The summed E-state index contributed by atoms with van der Waals surface area (Å²) in [6, 6.07) is 13.3. The lowest BCUT2D eigenvalue weighted by molar-refractivity contribution is -0.385. The van der Waals surface area contributed by atoms with Gasteiger partial charge < -0.3 is 5.32 Å². The van der Waals surface area contributed by atoms with E-state index in [4.69, 9.17) is 0 Å². The molecule has 3 rings (SSSR count). The van der Waals surface area contributed by atoms with E-state index in [0.717, 1.165) is 34.3 Å². The zero-order valence-electron chi connectivity index (χ0n) is 16.3. The number of aromatic nitrogens is 3. The van der Waals surface area contributed by atoms with Gasteiger partial charge in [-0.3, -0.25) is 24.3 Å². The molecule has 9 heteroatoms. The molecule has 0 atom stereocenters. The largest absolute Gasteiger partial charge is 0.309 e. The first-order valence-electron chi connectivity index (χ1n) is 8.96. The van der Waals surface area contributed by atoms with Crippen LogP contribution in [0.15, 0.2) is 59.5 Å². The Kier molecular flexibility index (Phi) is 5.31. The molecule has 1 N–H and O–H groups in total. The lowest BCUT2D eigenvalue weighted by atomic mass is 9.92. The topological polar surface area (TPSA) is 112 Å². The first-order valence-corrected chi connectivity index (χ1v) is 8.96. The summed E-state index contributed by atoms with van der Waals surface area (Å²) >= 11 is 0. The van der Waals surface area contributed by atoms with E-state index in [-0.39, 0.29) is 17.6 Å². The molecule has 2 aromatic heterocycles. The molecule has 0 aliphatic heterocycles. The van der Waals surface area contributed by atoms with Crippen LogP contribution in [0.5, 0.6) is 0 Å². The highest BCUT2D eigenvalue weighted by atomic mass is 16.6. The molecule has 1 amide bonds. The standard InChI is InChI=1S/C20H21N5O4/c1-20(2,3)16-11-17(24(22-16)14-7-5-4-6-8-14)21-18(26)13-23-12-15(25(28)29)9-10-19(23)27/h4-12H,13H2,1-3H3,(H,21,26). The number of carbonyl (C=O) groups excluding carboxylic acids is 1. The number of para-hydroxylation sites is 1. The first-order chi connectivity index (χ1) is 13.6. The summed E-state index contributed by atoms with van der Waals surface area (Å²) in [7, 11) is 0. The number of nitrogens with zero attached hydrogens (tertiary/aromatic N) is 4. The third-order valence-corrected chi connectivity index (χ3v) is 4.24. The Balaban J connectivity index is 1.91. The maximum Gasteiger partial charge on any atom is 0.285 e. The van der Waals surface area contributed by atoms with Crippen LogP contribution < -0.4 is 10.9 Å². The molecule has 0 bridgehead atoms. The van der Waals surface area contributed by atoms with Crippen LogP contribution in [0.25, 0.3) is 5.69 Å². The normalized spacial score (nSPS) is 11.3. The monoisotopic (exact) mass is 395 g/mol. The lowest BCUT2D eigenvalue weighted by Gasteiger charge is -2.14. The van der Waals surface area contributed by atoms with E-state index < -0.39 is 16.4 Å². The summed E-state index contributed by atoms with van der Waals surface area (Å²) in [5.41, 5.74) is 0.547. The van der Waals surface area contributed by atoms with Gasteiger partial charge in [0.1, 0.15) is 12.4 Å². The predicted molar refractivity (Wildman–Crippen MR) is 108 cm³/mol. The van der Waals surface area contributed by atoms with Gasteiger partial charge >= 0.3 is 0 Å². The third-order valence-electron chi connectivity index (χ3n) is 4.24. The fourth-order valence-electron chi connectivity index (χ4n) is 2.69. The predicted octanol–water partition coefficient (Wildman–Crippen LogP) is 2.88. The minimum absolute atomic E-state index is 0.240. The van der Waals surface area contributed by atoms with Crippen molar-refractivity contribution in [2.75, 3.05) is 5.32 Å². The first kappa shape index (κ1) is 20.0. The molecule has 0 aliphatic carbocycles. The molecule has 2 heterocycles. The minimum Gasteiger partial charge on any atom is -0.309 e. The number of benzene rings is 1. The number of rotatable bonds is 5. The van der Waals surface area contributed by atoms with Crippen molar-refractivity contribution in [2.24, 2.45) is 0 Å². The van der Waals surface area contributed by atoms with Gasteiger partial charge in [-0.05, 0) is 12.1 Å². The Bertz CT molecular complexity index is 1110. The van der Waals surface area contributed by atoms with Crippen LogP contribution in [0, 0.1) is 10.1 Å². The number of nitrogens with one attached hydrogen (secondary N) is 1. The van der Waals surface area contributed by atoms with Gasteiger partial charge in [0, 0.05) is 23.6 Å². The molecule has 0 radical (unpaired) electrons. The van der Waals surface area contributed by atoms with Crippen molar-refractivity contribution < 1.29 is 9.72 Å². The van der Waals surface area contributed by atoms with Crippen LogP contribution in [0.4, 0.5) is 11.5 Å². The number of carbonyl (C=O) groups is 1. The van der Waals surface area contributed by atoms with E-state index in [1.54, 1.807) is 10.7 Å². The number of hydrogen-bond donors (Lipinski definition) is 1. The highest BCUT2D eigenvalue weighted by Crippen LogP contribution is 2.26. The van der Waals surface area contributed by atoms with Crippen molar-refractivity contribution in [3.63, 3.8) is 0 Å². The van der Waals surface area contributed by atoms with Crippen LogP contribution >= 0.6 is 0 Å². The second kappa shape index (κ2) is 7.70. The molecule has 0 saturated carbocycles. The van der Waals surface area contributed by atoms with Crippen LogP contribution in [0.2, 0.25) is 0 Å².